The minimum Gasteiger partial charge on any atom is -0.352 e. The second-order valence-electron chi connectivity index (χ2n) is 4.38. The minimum atomic E-state index is 0.622. The van der Waals surface area contributed by atoms with Crippen LogP contribution in [0.2, 0.25) is 5.15 Å². The number of halogens is 1. The van der Waals surface area contributed by atoms with Crippen LogP contribution in [-0.2, 0) is 0 Å². The molecule has 0 spiro atoms. The van der Waals surface area contributed by atoms with Crippen LogP contribution in [0.5, 0.6) is 0 Å². The van der Waals surface area contributed by atoms with E-state index in [0.29, 0.717) is 5.15 Å². The second kappa shape index (κ2) is 5.30. The Hall–Kier alpha value is -1.40. The standard InChI is InChI=1S/C12H14ClN5S/c1-9-11(13)16-12(19-9)18-6-4-17(5-7-18)10-8-14-2-3-15-10/h2-3,8H,4-7H2,1H3. The fraction of sp³-hybridized carbons (Fsp3) is 0.417. The third kappa shape index (κ3) is 2.64. The predicted molar refractivity (Wildman–Crippen MR) is 78.3 cm³/mol. The number of aromatic nitrogens is 3. The molecular formula is C12H14ClN5S. The molecule has 3 heterocycles. The third-order valence-corrected chi connectivity index (χ3v) is 4.66. The van der Waals surface area contributed by atoms with Crippen LogP contribution in [0.1, 0.15) is 4.88 Å². The maximum atomic E-state index is 6.02. The molecule has 0 radical (unpaired) electrons. The van der Waals surface area contributed by atoms with Crippen molar-refractivity contribution in [3.05, 3.63) is 28.6 Å². The van der Waals surface area contributed by atoms with Crippen molar-refractivity contribution in [2.75, 3.05) is 36.0 Å². The van der Waals surface area contributed by atoms with Crippen molar-refractivity contribution in [2.24, 2.45) is 0 Å². The van der Waals surface area contributed by atoms with Gasteiger partial charge >= 0.3 is 0 Å². The zero-order valence-electron chi connectivity index (χ0n) is 10.6. The summed E-state index contributed by atoms with van der Waals surface area (Å²) < 4.78 is 0. The van der Waals surface area contributed by atoms with E-state index in [1.165, 1.54) is 0 Å². The summed E-state index contributed by atoms with van der Waals surface area (Å²) in [6.07, 6.45) is 5.23. The largest absolute Gasteiger partial charge is 0.352 e. The zero-order valence-corrected chi connectivity index (χ0v) is 12.2. The molecule has 0 saturated carbocycles. The normalized spacial score (nSPS) is 15.9. The summed E-state index contributed by atoms with van der Waals surface area (Å²) in [4.78, 5) is 18.4. The monoisotopic (exact) mass is 295 g/mol. The average Bonchev–Trinajstić information content (AvgIpc) is 2.80. The number of nitrogens with zero attached hydrogens (tertiary/aromatic N) is 5. The molecule has 0 unspecified atom stereocenters. The Kier molecular flexibility index (Phi) is 3.52. The number of hydrogen-bond donors (Lipinski definition) is 0. The van der Waals surface area contributed by atoms with Crippen molar-refractivity contribution in [1.82, 2.24) is 15.0 Å². The Balaban J connectivity index is 1.66. The molecule has 1 fully saturated rings. The number of piperazine rings is 1. The minimum absolute atomic E-state index is 0.622. The molecule has 5 nitrogen and oxygen atoms in total. The van der Waals surface area contributed by atoms with Gasteiger partial charge in [-0.1, -0.05) is 11.6 Å². The summed E-state index contributed by atoms with van der Waals surface area (Å²) in [5.41, 5.74) is 0. The summed E-state index contributed by atoms with van der Waals surface area (Å²) in [6.45, 7) is 5.71. The van der Waals surface area contributed by atoms with Gasteiger partial charge in [-0.3, -0.25) is 4.98 Å². The van der Waals surface area contributed by atoms with Crippen LogP contribution in [0.15, 0.2) is 18.6 Å². The van der Waals surface area contributed by atoms with E-state index in [2.05, 4.69) is 24.8 Å². The highest BCUT2D eigenvalue weighted by Gasteiger charge is 2.21. The molecule has 3 rings (SSSR count). The Morgan fingerprint density at radius 3 is 2.47 bits per heavy atom. The van der Waals surface area contributed by atoms with E-state index in [9.17, 15) is 0 Å². The Morgan fingerprint density at radius 2 is 1.89 bits per heavy atom. The first-order valence-corrected chi connectivity index (χ1v) is 7.32. The molecule has 0 aromatic carbocycles. The van der Waals surface area contributed by atoms with Gasteiger partial charge in [0.1, 0.15) is 11.0 Å². The Labute approximate surface area is 120 Å². The van der Waals surface area contributed by atoms with Crippen molar-refractivity contribution in [3.8, 4) is 0 Å². The molecule has 100 valence electrons. The number of anilines is 2. The smallest absolute Gasteiger partial charge is 0.187 e. The maximum absolute atomic E-state index is 6.02. The van der Waals surface area contributed by atoms with Gasteiger partial charge in [-0.15, -0.1) is 11.3 Å². The number of hydrogen-bond acceptors (Lipinski definition) is 6. The van der Waals surface area contributed by atoms with Gasteiger partial charge in [0.25, 0.3) is 0 Å². The van der Waals surface area contributed by atoms with Crippen molar-refractivity contribution in [1.29, 1.82) is 0 Å². The van der Waals surface area contributed by atoms with Crippen LogP contribution < -0.4 is 9.80 Å². The zero-order chi connectivity index (χ0) is 13.2. The lowest BCUT2D eigenvalue weighted by Crippen LogP contribution is -2.46. The van der Waals surface area contributed by atoms with E-state index >= 15 is 0 Å². The highest BCUT2D eigenvalue weighted by atomic mass is 35.5. The molecule has 2 aromatic heterocycles. The van der Waals surface area contributed by atoms with Crippen LogP contribution >= 0.6 is 22.9 Å². The van der Waals surface area contributed by atoms with Crippen LogP contribution in [0.3, 0.4) is 0 Å². The summed E-state index contributed by atoms with van der Waals surface area (Å²) in [7, 11) is 0. The third-order valence-electron chi connectivity index (χ3n) is 3.15. The Morgan fingerprint density at radius 1 is 1.16 bits per heavy atom. The van der Waals surface area contributed by atoms with Crippen molar-refractivity contribution in [2.45, 2.75) is 6.92 Å². The molecule has 2 aromatic rings. The van der Waals surface area contributed by atoms with Crippen molar-refractivity contribution in [3.63, 3.8) is 0 Å². The molecule has 1 aliphatic rings. The highest BCUT2D eigenvalue weighted by Crippen LogP contribution is 2.29. The lowest BCUT2D eigenvalue weighted by atomic mass is 10.3. The van der Waals surface area contributed by atoms with E-state index < -0.39 is 0 Å². The SMILES string of the molecule is Cc1sc(N2CCN(c3cnccn3)CC2)nc1Cl. The molecule has 0 atom stereocenters. The van der Waals surface area contributed by atoms with Gasteiger partial charge in [-0.05, 0) is 6.92 Å². The maximum Gasteiger partial charge on any atom is 0.187 e. The van der Waals surface area contributed by atoms with Crippen molar-refractivity contribution >= 4 is 33.9 Å². The molecule has 0 N–H and O–H groups in total. The van der Waals surface area contributed by atoms with Crippen LogP contribution in [0.25, 0.3) is 0 Å². The lowest BCUT2D eigenvalue weighted by Gasteiger charge is -2.34. The van der Waals surface area contributed by atoms with Gasteiger partial charge < -0.3 is 9.80 Å². The summed E-state index contributed by atoms with van der Waals surface area (Å²) in [5, 5.41) is 1.64. The number of thiazole rings is 1. The van der Waals surface area contributed by atoms with Gasteiger partial charge in [-0.25, -0.2) is 9.97 Å². The first kappa shape index (κ1) is 12.6. The van der Waals surface area contributed by atoms with Gasteiger partial charge in [0.2, 0.25) is 0 Å². The molecule has 1 aliphatic heterocycles. The van der Waals surface area contributed by atoms with Crippen molar-refractivity contribution < 1.29 is 0 Å². The molecular weight excluding hydrogens is 282 g/mol. The highest BCUT2D eigenvalue weighted by molar-refractivity contribution is 7.16. The van der Waals surface area contributed by atoms with Crippen LogP contribution in [0.4, 0.5) is 10.9 Å². The van der Waals surface area contributed by atoms with Crippen LogP contribution in [-0.4, -0.2) is 41.1 Å². The molecule has 0 bridgehead atoms. The summed E-state index contributed by atoms with van der Waals surface area (Å²) in [5.74, 6) is 0.940. The lowest BCUT2D eigenvalue weighted by molar-refractivity contribution is 0.645. The summed E-state index contributed by atoms with van der Waals surface area (Å²) >= 11 is 7.67. The van der Waals surface area contributed by atoms with Gasteiger partial charge in [-0.2, -0.15) is 0 Å². The van der Waals surface area contributed by atoms with Crippen LogP contribution in [0, 0.1) is 6.92 Å². The van der Waals surface area contributed by atoms with E-state index in [4.69, 9.17) is 11.6 Å². The first-order valence-electron chi connectivity index (χ1n) is 6.13. The van der Waals surface area contributed by atoms with E-state index in [1.54, 1.807) is 29.9 Å². The first-order chi connectivity index (χ1) is 9.24. The van der Waals surface area contributed by atoms with E-state index in [0.717, 1.165) is 42.0 Å². The molecule has 1 saturated heterocycles. The van der Waals surface area contributed by atoms with Gasteiger partial charge in [0.15, 0.2) is 5.13 Å². The average molecular weight is 296 g/mol. The van der Waals surface area contributed by atoms with Gasteiger partial charge in [0, 0.05) is 43.4 Å². The molecule has 0 aliphatic carbocycles. The number of aryl methyl sites for hydroxylation is 1. The fourth-order valence-electron chi connectivity index (χ4n) is 2.08. The summed E-state index contributed by atoms with van der Waals surface area (Å²) in [6, 6.07) is 0. The predicted octanol–water partition coefficient (Wildman–Crippen LogP) is 2.22. The quantitative estimate of drug-likeness (QED) is 0.850. The second-order valence-corrected chi connectivity index (χ2v) is 5.92. The molecule has 7 heteroatoms. The number of rotatable bonds is 2. The van der Waals surface area contributed by atoms with Gasteiger partial charge in [0.05, 0.1) is 6.20 Å². The molecule has 0 amide bonds. The topological polar surface area (TPSA) is 45.2 Å². The van der Waals surface area contributed by atoms with E-state index in [1.807, 2.05) is 6.92 Å². The molecule has 19 heavy (non-hydrogen) atoms. The van der Waals surface area contributed by atoms with E-state index in [-0.39, 0.29) is 0 Å². The fourth-order valence-corrected chi connectivity index (χ4v) is 3.18. The Bertz CT molecular complexity index is 531.